The molecule has 11 rings (SSSR count). The van der Waals surface area contributed by atoms with Gasteiger partial charge in [0.05, 0.1) is 19.1 Å². The molecule has 0 spiro atoms. The number of para-hydroxylation sites is 4. The van der Waals surface area contributed by atoms with Gasteiger partial charge in [-0.1, -0.05) is 127 Å². The van der Waals surface area contributed by atoms with Crippen LogP contribution in [0.3, 0.4) is 0 Å². The molecule has 1 aliphatic heterocycles. The van der Waals surface area contributed by atoms with Crippen LogP contribution in [0.2, 0.25) is 0 Å². The summed E-state index contributed by atoms with van der Waals surface area (Å²) < 4.78 is 23.9. The van der Waals surface area contributed by atoms with Gasteiger partial charge in [0.2, 0.25) is 0 Å². The average Bonchev–Trinajstić information content (AvgIpc) is 4.07. The van der Waals surface area contributed by atoms with Gasteiger partial charge in [-0.25, -0.2) is 0 Å². The number of rotatable bonds is 20. The minimum Gasteiger partial charge on any atom is -0.497 e. The van der Waals surface area contributed by atoms with Crippen LogP contribution >= 0.6 is 0 Å². The molecule has 0 fully saturated rings. The van der Waals surface area contributed by atoms with Gasteiger partial charge in [-0.3, -0.25) is 0 Å². The van der Waals surface area contributed by atoms with Gasteiger partial charge in [-0.05, 0) is 179 Å². The molecule has 1 aliphatic carbocycles. The molecule has 8 aromatic carbocycles. The number of allylic oxidation sites excluding steroid dienone is 2. The molecule has 0 amide bonds. The number of hydrogen-bond acceptors (Lipinski definition) is 6. The van der Waals surface area contributed by atoms with E-state index in [1.54, 1.807) is 12.5 Å². The first-order chi connectivity index (χ1) is 35.7. The lowest BCUT2D eigenvalue weighted by Gasteiger charge is -2.33. The lowest BCUT2D eigenvalue weighted by molar-refractivity contribution is 0.0979. The highest BCUT2D eigenvalue weighted by Crippen LogP contribution is 2.55. The molecule has 0 N–H and O–H groups in total. The van der Waals surface area contributed by atoms with E-state index in [1.807, 2.05) is 18.2 Å². The van der Waals surface area contributed by atoms with E-state index in [0.717, 1.165) is 71.1 Å². The van der Waals surface area contributed by atoms with Gasteiger partial charge in [0.15, 0.2) is 0 Å². The van der Waals surface area contributed by atoms with Crippen LogP contribution < -0.4 is 9.80 Å². The smallest absolute Gasteiger partial charge is 0.129 e. The van der Waals surface area contributed by atoms with E-state index in [4.69, 9.17) is 18.6 Å². The third-order valence-corrected chi connectivity index (χ3v) is 14.0. The second kappa shape index (κ2) is 21.9. The molecule has 0 radical (unpaired) electrons. The Kier molecular flexibility index (Phi) is 14.0. The zero-order valence-corrected chi connectivity index (χ0v) is 40.5. The minimum absolute atomic E-state index is 0.307. The van der Waals surface area contributed by atoms with Crippen LogP contribution in [0.15, 0.2) is 253 Å². The summed E-state index contributed by atoms with van der Waals surface area (Å²) in [5, 5.41) is 0. The fourth-order valence-corrected chi connectivity index (χ4v) is 10.6. The van der Waals surface area contributed by atoms with Crippen LogP contribution in [0.25, 0.3) is 33.4 Å². The lowest BCUT2D eigenvalue weighted by Crippen LogP contribution is -2.27. The Hall–Kier alpha value is -8.16. The Bertz CT molecular complexity index is 2970. The summed E-state index contributed by atoms with van der Waals surface area (Å²) in [5.74, 6) is 0.838. The quantitative estimate of drug-likeness (QED) is 0.0710. The summed E-state index contributed by atoms with van der Waals surface area (Å²) in [5.41, 5.74) is 17.6. The molecule has 356 valence electrons. The predicted molar refractivity (Wildman–Crippen MR) is 294 cm³/mol. The average molecular weight is 943 g/mol. The SMILES string of the molecule is C1=COCC(COCCCC2(CCCOCc3ccco3)c3cc(-c4ccc(N(c5ccccc5)c5ccccc5)cc4)ccc3-c3ccc(-c4ccc(N(c5ccccc5)c5ccccc5)cc4)cc32)=C1. The van der Waals surface area contributed by atoms with Gasteiger partial charge in [0, 0.05) is 52.8 Å². The molecule has 6 nitrogen and oxygen atoms in total. The van der Waals surface area contributed by atoms with E-state index in [-0.39, 0.29) is 5.41 Å². The maximum Gasteiger partial charge on any atom is 0.129 e. The van der Waals surface area contributed by atoms with Crippen LogP contribution in [0, 0.1) is 0 Å². The number of furan rings is 1. The van der Waals surface area contributed by atoms with E-state index in [2.05, 4.69) is 222 Å². The van der Waals surface area contributed by atoms with Crippen molar-refractivity contribution in [2.45, 2.75) is 37.7 Å². The van der Waals surface area contributed by atoms with Crippen molar-refractivity contribution in [3.8, 4) is 33.4 Å². The largest absolute Gasteiger partial charge is 0.497 e. The zero-order chi connectivity index (χ0) is 48.4. The number of fused-ring (bicyclic) bond motifs is 3. The molecule has 0 saturated heterocycles. The normalized spacial score (nSPS) is 13.2. The Morgan fingerprint density at radius 3 is 1.28 bits per heavy atom. The fraction of sp³-hybridized carbons (Fsp3) is 0.152. The second-order valence-corrected chi connectivity index (χ2v) is 18.6. The van der Waals surface area contributed by atoms with Crippen molar-refractivity contribution in [1.82, 2.24) is 0 Å². The van der Waals surface area contributed by atoms with Gasteiger partial charge in [-0.2, -0.15) is 0 Å². The standard InChI is InChI=1S/C66H58N2O4/c1-5-18-55(19-6-1)67(56-20-7-2-8-21-56)59-33-27-51(28-34-59)53-31-37-62-63-38-32-54(52-29-35-60(36-30-52)68(57-22-9-3-10-23-57)58-24-11-4-12-25-58)46-65(63)66(64(62)45-53,40-16-43-71-49-61-26-14-44-72-61)39-15-42-70-48-50-17-13-41-69-47-50/h1-14,17-38,41,44-46H,15-16,39-40,42-43,47-49H2. The van der Waals surface area contributed by atoms with Gasteiger partial charge < -0.3 is 28.4 Å². The zero-order valence-electron chi connectivity index (χ0n) is 40.5. The van der Waals surface area contributed by atoms with Gasteiger partial charge in [0.1, 0.15) is 19.0 Å². The van der Waals surface area contributed by atoms with Crippen molar-refractivity contribution in [2.24, 2.45) is 0 Å². The van der Waals surface area contributed by atoms with E-state index in [9.17, 15) is 0 Å². The lowest BCUT2D eigenvalue weighted by atomic mass is 9.70. The molecule has 9 aromatic rings. The van der Waals surface area contributed by atoms with Gasteiger partial charge >= 0.3 is 0 Å². The molecule has 0 unspecified atom stereocenters. The van der Waals surface area contributed by atoms with E-state index in [0.29, 0.717) is 33.0 Å². The molecule has 0 bridgehead atoms. The topological polar surface area (TPSA) is 47.3 Å². The van der Waals surface area contributed by atoms with Crippen molar-refractivity contribution >= 4 is 34.1 Å². The highest BCUT2D eigenvalue weighted by molar-refractivity contribution is 5.87. The molecular weight excluding hydrogens is 885 g/mol. The van der Waals surface area contributed by atoms with E-state index in [1.165, 1.54) is 44.5 Å². The number of hydrogen-bond donors (Lipinski definition) is 0. The predicted octanol–water partition coefficient (Wildman–Crippen LogP) is 17.1. The van der Waals surface area contributed by atoms with Crippen LogP contribution in [-0.4, -0.2) is 26.4 Å². The van der Waals surface area contributed by atoms with Crippen LogP contribution in [0.5, 0.6) is 0 Å². The highest BCUT2D eigenvalue weighted by atomic mass is 16.5. The molecule has 0 saturated carbocycles. The Balaban J connectivity index is 0.955. The van der Waals surface area contributed by atoms with Crippen LogP contribution in [-0.2, 0) is 26.2 Å². The maximum absolute atomic E-state index is 6.39. The number of benzene rings is 8. The first-order valence-corrected chi connectivity index (χ1v) is 25.2. The Labute approximate surface area is 423 Å². The summed E-state index contributed by atoms with van der Waals surface area (Å²) in [7, 11) is 0. The Morgan fingerprint density at radius 1 is 0.431 bits per heavy atom. The highest BCUT2D eigenvalue weighted by Gasteiger charge is 2.43. The summed E-state index contributed by atoms with van der Waals surface area (Å²) in [6.45, 7) is 2.84. The third kappa shape index (κ3) is 10.1. The van der Waals surface area contributed by atoms with Crippen molar-refractivity contribution in [3.63, 3.8) is 0 Å². The molecular formula is C66H58N2O4. The van der Waals surface area contributed by atoms with Crippen molar-refractivity contribution in [3.05, 3.63) is 266 Å². The number of ether oxygens (including phenoxy) is 3. The van der Waals surface area contributed by atoms with Crippen molar-refractivity contribution in [2.75, 3.05) is 36.2 Å². The third-order valence-electron chi connectivity index (χ3n) is 14.0. The first-order valence-electron chi connectivity index (χ1n) is 25.2. The van der Waals surface area contributed by atoms with Gasteiger partial charge in [-0.15, -0.1) is 0 Å². The second-order valence-electron chi connectivity index (χ2n) is 18.6. The van der Waals surface area contributed by atoms with E-state index < -0.39 is 0 Å². The van der Waals surface area contributed by atoms with E-state index >= 15 is 0 Å². The molecule has 6 heteroatoms. The minimum atomic E-state index is -0.307. The molecule has 72 heavy (non-hydrogen) atoms. The fourth-order valence-electron chi connectivity index (χ4n) is 10.6. The first kappa shape index (κ1) is 46.2. The molecule has 2 heterocycles. The number of nitrogens with zero attached hydrogens (tertiary/aromatic N) is 2. The summed E-state index contributed by atoms with van der Waals surface area (Å²) in [4.78, 5) is 4.62. The van der Waals surface area contributed by atoms with Crippen LogP contribution in [0.4, 0.5) is 34.1 Å². The van der Waals surface area contributed by atoms with Crippen molar-refractivity contribution < 1.29 is 18.6 Å². The molecule has 2 aliphatic rings. The number of anilines is 6. The molecule has 1 aromatic heterocycles. The summed E-state index contributed by atoms with van der Waals surface area (Å²) in [6.07, 6.45) is 11.1. The van der Waals surface area contributed by atoms with Gasteiger partial charge in [0.25, 0.3) is 0 Å². The monoisotopic (exact) mass is 942 g/mol. The maximum atomic E-state index is 6.39. The van der Waals surface area contributed by atoms with Crippen molar-refractivity contribution in [1.29, 1.82) is 0 Å². The molecule has 0 atom stereocenters. The Morgan fingerprint density at radius 2 is 0.861 bits per heavy atom. The summed E-state index contributed by atoms with van der Waals surface area (Å²) in [6, 6.07) is 78.6. The summed E-state index contributed by atoms with van der Waals surface area (Å²) >= 11 is 0. The van der Waals surface area contributed by atoms with Crippen LogP contribution in [0.1, 0.15) is 42.6 Å².